The number of piperazine rings is 1. The number of benzene rings is 1. The smallest absolute Gasteiger partial charge is 0.252 e. The largest absolute Gasteiger partial charge is 0.340 e. The van der Waals surface area contributed by atoms with Gasteiger partial charge in [-0.2, -0.15) is 0 Å². The second-order valence-electron chi connectivity index (χ2n) is 6.08. The van der Waals surface area contributed by atoms with Gasteiger partial charge in [-0.05, 0) is 31.9 Å². The molecule has 114 valence electrons. The fraction of sp³-hybridized carbons (Fsp3) is 0.467. The predicted octanol–water partition coefficient (Wildman–Crippen LogP) is 2.23. The van der Waals surface area contributed by atoms with Crippen LogP contribution in [0.2, 0.25) is 0 Å². The summed E-state index contributed by atoms with van der Waals surface area (Å²) in [6.07, 6.45) is 0. The molecule has 1 aromatic carbocycles. The standard InChI is InChI=1S/C15H18F2N2O2/c1-8(2)12-13(20)18-15(3,4)14(21)19(12)9-5-6-10(16)11(17)7-9/h5-8,12H,1-4H3,(H,18,20). The molecule has 1 aliphatic heterocycles. The molecular formula is C15H18F2N2O2. The van der Waals surface area contributed by atoms with E-state index >= 15 is 0 Å². The van der Waals surface area contributed by atoms with Crippen molar-refractivity contribution in [1.29, 1.82) is 0 Å². The number of anilines is 1. The predicted molar refractivity (Wildman–Crippen MR) is 74.7 cm³/mol. The third-order valence-electron chi connectivity index (χ3n) is 3.55. The van der Waals surface area contributed by atoms with E-state index in [9.17, 15) is 18.4 Å². The molecule has 6 heteroatoms. The van der Waals surface area contributed by atoms with Crippen LogP contribution in [-0.4, -0.2) is 23.4 Å². The first-order chi connectivity index (χ1) is 9.65. The molecular weight excluding hydrogens is 278 g/mol. The summed E-state index contributed by atoms with van der Waals surface area (Å²) >= 11 is 0. The van der Waals surface area contributed by atoms with Crippen molar-refractivity contribution in [3.05, 3.63) is 29.8 Å². The molecule has 1 unspecified atom stereocenters. The number of amides is 2. The highest BCUT2D eigenvalue weighted by atomic mass is 19.2. The van der Waals surface area contributed by atoms with Crippen LogP contribution in [-0.2, 0) is 9.59 Å². The molecule has 0 radical (unpaired) electrons. The number of rotatable bonds is 2. The van der Waals surface area contributed by atoms with Gasteiger partial charge in [-0.15, -0.1) is 0 Å². The van der Waals surface area contributed by atoms with E-state index in [0.717, 1.165) is 12.1 Å². The molecule has 0 bridgehead atoms. The van der Waals surface area contributed by atoms with Crippen molar-refractivity contribution in [2.24, 2.45) is 5.92 Å². The van der Waals surface area contributed by atoms with Gasteiger partial charge in [0.05, 0.1) is 0 Å². The highest BCUT2D eigenvalue weighted by Gasteiger charge is 2.47. The summed E-state index contributed by atoms with van der Waals surface area (Å²) in [5.41, 5.74) is -0.909. The Kier molecular flexibility index (Phi) is 3.74. The van der Waals surface area contributed by atoms with Crippen LogP contribution in [0.1, 0.15) is 27.7 Å². The molecule has 1 N–H and O–H groups in total. The van der Waals surface area contributed by atoms with E-state index in [1.54, 1.807) is 27.7 Å². The number of halogens is 2. The fourth-order valence-corrected chi connectivity index (χ4v) is 2.49. The molecule has 1 aromatic rings. The van der Waals surface area contributed by atoms with Crippen LogP contribution in [0.5, 0.6) is 0 Å². The van der Waals surface area contributed by atoms with E-state index in [1.807, 2.05) is 0 Å². The molecule has 1 aliphatic rings. The van der Waals surface area contributed by atoms with Gasteiger partial charge in [0.25, 0.3) is 5.91 Å². The maximum Gasteiger partial charge on any atom is 0.252 e. The molecule has 0 saturated carbocycles. The van der Waals surface area contributed by atoms with Crippen LogP contribution < -0.4 is 10.2 Å². The summed E-state index contributed by atoms with van der Waals surface area (Å²) in [6, 6.07) is 2.45. The third-order valence-corrected chi connectivity index (χ3v) is 3.55. The highest BCUT2D eigenvalue weighted by Crippen LogP contribution is 2.29. The van der Waals surface area contributed by atoms with E-state index < -0.39 is 23.2 Å². The van der Waals surface area contributed by atoms with Crippen LogP contribution in [0.4, 0.5) is 14.5 Å². The monoisotopic (exact) mass is 296 g/mol. The number of carbonyl (C=O) groups excluding carboxylic acids is 2. The summed E-state index contributed by atoms with van der Waals surface area (Å²) in [4.78, 5) is 26.1. The SMILES string of the molecule is CC(C)C1C(=O)NC(C)(C)C(=O)N1c1ccc(F)c(F)c1. The van der Waals surface area contributed by atoms with Crippen molar-refractivity contribution in [1.82, 2.24) is 5.32 Å². The molecule has 1 saturated heterocycles. The molecule has 2 amide bonds. The normalized spacial score (nSPS) is 21.7. The zero-order valence-electron chi connectivity index (χ0n) is 12.4. The molecule has 1 fully saturated rings. The van der Waals surface area contributed by atoms with Gasteiger partial charge in [0.2, 0.25) is 5.91 Å². The fourth-order valence-electron chi connectivity index (χ4n) is 2.49. The van der Waals surface area contributed by atoms with Crippen molar-refractivity contribution >= 4 is 17.5 Å². The van der Waals surface area contributed by atoms with Crippen LogP contribution in [0, 0.1) is 17.6 Å². The van der Waals surface area contributed by atoms with Crippen LogP contribution in [0.15, 0.2) is 18.2 Å². The van der Waals surface area contributed by atoms with Gasteiger partial charge in [-0.25, -0.2) is 8.78 Å². The second kappa shape index (κ2) is 5.09. The minimum Gasteiger partial charge on any atom is -0.340 e. The van der Waals surface area contributed by atoms with Gasteiger partial charge < -0.3 is 5.32 Å². The van der Waals surface area contributed by atoms with Gasteiger partial charge in [-0.3, -0.25) is 14.5 Å². The average Bonchev–Trinajstić information content (AvgIpc) is 2.36. The van der Waals surface area contributed by atoms with E-state index in [2.05, 4.69) is 5.32 Å². The van der Waals surface area contributed by atoms with Crippen LogP contribution >= 0.6 is 0 Å². The number of carbonyl (C=O) groups is 2. The van der Waals surface area contributed by atoms with E-state index in [0.29, 0.717) is 0 Å². The minimum atomic E-state index is -1.09. The Hall–Kier alpha value is -1.98. The van der Waals surface area contributed by atoms with Gasteiger partial charge in [-0.1, -0.05) is 13.8 Å². The van der Waals surface area contributed by atoms with Crippen molar-refractivity contribution < 1.29 is 18.4 Å². The van der Waals surface area contributed by atoms with E-state index in [1.165, 1.54) is 11.0 Å². The molecule has 0 aliphatic carbocycles. The Balaban J connectivity index is 2.55. The minimum absolute atomic E-state index is 0.168. The first-order valence-corrected chi connectivity index (χ1v) is 6.76. The average molecular weight is 296 g/mol. The molecule has 21 heavy (non-hydrogen) atoms. The molecule has 0 aromatic heterocycles. The lowest BCUT2D eigenvalue weighted by Crippen LogP contribution is -2.69. The molecule has 0 spiro atoms. The quantitative estimate of drug-likeness (QED) is 0.910. The van der Waals surface area contributed by atoms with Crippen molar-refractivity contribution in [3.63, 3.8) is 0 Å². The third kappa shape index (κ3) is 2.62. The van der Waals surface area contributed by atoms with Gasteiger partial charge in [0.1, 0.15) is 11.6 Å². The maximum absolute atomic E-state index is 13.5. The number of hydrogen-bond acceptors (Lipinski definition) is 2. The van der Waals surface area contributed by atoms with Crippen LogP contribution in [0.3, 0.4) is 0 Å². The topological polar surface area (TPSA) is 49.4 Å². The van der Waals surface area contributed by atoms with Gasteiger partial charge in [0.15, 0.2) is 11.6 Å². The Bertz CT molecular complexity index is 599. The van der Waals surface area contributed by atoms with E-state index in [-0.39, 0.29) is 23.4 Å². The Morgan fingerprint density at radius 3 is 2.33 bits per heavy atom. The van der Waals surface area contributed by atoms with E-state index in [4.69, 9.17) is 0 Å². The second-order valence-corrected chi connectivity index (χ2v) is 6.08. The van der Waals surface area contributed by atoms with Crippen molar-refractivity contribution in [2.75, 3.05) is 4.90 Å². The van der Waals surface area contributed by atoms with Gasteiger partial charge >= 0.3 is 0 Å². The van der Waals surface area contributed by atoms with Crippen molar-refractivity contribution in [2.45, 2.75) is 39.3 Å². The Morgan fingerprint density at radius 2 is 1.81 bits per heavy atom. The van der Waals surface area contributed by atoms with Crippen LogP contribution in [0.25, 0.3) is 0 Å². The number of hydrogen-bond donors (Lipinski definition) is 1. The zero-order valence-corrected chi connectivity index (χ0v) is 12.4. The summed E-state index contributed by atoms with van der Waals surface area (Å²) < 4.78 is 26.6. The lowest BCUT2D eigenvalue weighted by molar-refractivity contribution is -0.138. The maximum atomic E-state index is 13.5. The van der Waals surface area contributed by atoms with Crippen molar-refractivity contribution in [3.8, 4) is 0 Å². The Morgan fingerprint density at radius 1 is 1.19 bits per heavy atom. The summed E-state index contributed by atoms with van der Waals surface area (Å²) in [5.74, 6) is -2.87. The zero-order chi connectivity index (χ0) is 15.9. The lowest BCUT2D eigenvalue weighted by atomic mass is 9.91. The number of nitrogens with one attached hydrogen (secondary N) is 1. The molecule has 4 nitrogen and oxygen atoms in total. The summed E-state index contributed by atoms with van der Waals surface area (Å²) in [6.45, 7) is 6.75. The molecule has 1 atom stereocenters. The Labute approximate surface area is 122 Å². The summed E-state index contributed by atoms with van der Waals surface area (Å²) in [5, 5.41) is 2.66. The lowest BCUT2D eigenvalue weighted by Gasteiger charge is -2.44. The number of nitrogens with zero attached hydrogens (tertiary/aromatic N) is 1. The summed E-state index contributed by atoms with van der Waals surface area (Å²) in [7, 11) is 0. The highest BCUT2D eigenvalue weighted by molar-refractivity contribution is 6.10. The first-order valence-electron chi connectivity index (χ1n) is 6.76. The first kappa shape index (κ1) is 15.4. The molecule has 1 heterocycles. The molecule has 2 rings (SSSR count). The van der Waals surface area contributed by atoms with Gasteiger partial charge in [0, 0.05) is 11.8 Å².